The predicted octanol–water partition coefficient (Wildman–Crippen LogP) is 1.83. The number of piperazine rings is 1. The highest BCUT2D eigenvalue weighted by Gasteiger charge is 2.23. The maximum Gasteiger partial charge on any atom is 0.317 e. The average molecular weight is 344 g/mol. The Morgan fingerprint density at radius 1 is 1.08 bits per heavy atom. The molecular weight excluding hydrogens is 316 g/mol. The molecule has 136 valence electrons. The van der Waals surface area contributed by atoms with Gasteiger partial charge in [0.25, 0.3) is 0 Å². The van der Waals surface area contributed by atoms with E-state index in [4.69, 9.17) is 0 Å². The summed E-state index contributed by atoms with van der Waals surface area (Å²) in [7, 11) is 2.13. The van der Waals surface area contributed by atoms with Crippen LogP contribution in [0, 0.1) is 0 Å². The topological polar surface area (TPSA) is 55.9 Å². The van der Waals surface area contributed by atoms with Gasteiger partial charge < -0.3 is 20.0 Å². The Kier molecular flexibility index (Phi) is 5.46. The van der Waals surface area contributed by atoms with Crippen molar-refractivity contribution in [3.63, 3.8) is 0 Å². The van der Waals surface area contributed by atoms with Crippen molar-refractivity contribution in [2.75, 3.05) is 44.7 Å². The van der Waals surface area contributed by atoms with E-state index < -0.39 is 0 Å². The second kappa shape index (κ2) is 7.76. The summed E-state index contributed by atoms with van der Waals surface area (Å²) >= 11 is 0. The van der Waals surface area contributed by atoms with Crippen LogP contribution in [0.5, 0.6) is 0 Å². The quantitative estimate of drug-likeness (QED) is 0.910. The van der Waals surface area contributed by atoms with Crippen LogP contribution in [0.1, 0.15) is 30.9 Å². The van der Waals surface area contributed by atoms with Gasteiger partial charge in [0.2, 0.25) is 5.91 Å². The van der Waals surface area contributed by atoms with Crippen LogP contribution >= 0.6 is 0 Å². The number of anilines is 1. The summed E-state index contributed by atoms with van der Waals surface area (Å²) in [6, 6.07) is 6.42. The van der Waals surface area contributed by atoms with E-state index in [0.717, 1.165) is 18.5 Å². The molecule has 0 bridgehead atoms. The Balaban J connectivity index is 1.51. The third-order valence-corrected chi connectivity index (χ3v) is 5.16. The molecule has 0 atom stereocenters. The van der Waals surface area contributed by atoms with Crippen LogP contribution in [-0.2, 0) is 17.8 Å². The van der Waals surface area contributed by atoms with Gasteiger partial charge in [0.05, 0.1) is 0 Å². The van der Waals surface area contributed by atoms with Crippen LogP contribution in [0.2, 0.25) is 0 Å². The summed E-state index contributed by atoms with van der Waals surface area (Å²) < 4.78 is 0. The minimum atomic E-state index is -0.0431. The fraction of sp³-hybridized carbons (Fsp3) is 0.579. The van der Waals surface area contributed by atoms with Crippen molar-refractivity contribution in [1.29, 1.82) is 0 Å². The summed E-state index contributed by atoms with van der Waals surface area (Å²) in [5, 5.41) is 3.01. The molecule has 3 amide bonds. The van der Waals surface area contributed by atoms with Crippen molar-refractivity contribution < 1.29 is 9.59 Å². The Labute approximate surface area is 149 Å². The standard InChI is InChI=1S/C19H28N4O2/c1-3-18(24)22-9-11-23(12-10-22)19(25)20-14-15-6-7-17-16(13-15)5-4-8-21(17)2/h6-7,13H,3-5,8-12,14H2,1-2H3,(H,20,25). The lowest BCUT2D eigenvalue weighted by Gasteiger charge is -2.34. The number of urea groups is 1. The van der Waals surface area contributed by atoms with E-state index in [1.165, 1.54) is 17.7 Å². The highest BCUT2D eigenvalue weighted by Crippen LogP contribution is 2.26. The highest BCUT2D eigenvalue weighted by molar-refractivity contribution is 5.77. The van der Waals surface area contributed by atoms with Crippen molar-refractivity contribution in [1.82, 2.24) is 15.1 Å². The molecule has 0 spiro atoms. The second-order valence-corrected chi connectivity index (χ2v) is 6.87. The maximum absolute atomic E-state index is 12.4. The number of fused-ring (bicyclic) bond motifs is 1. The first kappa shape index (κ1) is 17.6. The van der Waals surface area contributed by atoms with Crippen LogP contribution in [0.3, 0.4) is 0 Å². The van der Waals surface area contributed by atoms with Gasteiger partial charge in [0.15, 0.2) is 0 Å². The number of rotatable bonds is 3. The molecular formula is C19H28N4O2. The van der Waals surface area contributed by atoms with Crippen LogP contribution in [0.4, 0.5) is 10.5 Å². The molecule has 2 aliphatic rings. The first-order valence-corrected chi connectivity index (χ1v) is 9.22. The largest absolute Gasteiger partial charge is 0.374 e. The molecule has 1 saturated heterocycles. The van der Waals surface area contributed by atoms with E-state index in [1.54, 1.807) is 4.90 Å². The van der Waals surface area contributed by atoms with Gasteiger partial charge in [-0.15, -0.1) is 0 Å². The second-order valence-electron chi connectivity index (χ2n) is 6.87. The Bertz CT molecular complexity index is 638. The van der Waals surface area contributed by atoms with Crippen molar-refractivity contribution in [3.8, 4) is 0 Å². The molecule has 6 heteroatoms. The van der Waals surface area contributed by atoms with Crippen LogP contribution in [0.15, 0.2) is 18.2 Å². The Morgan fingerprint density at radius 3 is 2.52 bits per heavy atom. The lowest BCUT2D eigenvalue weighted by Crippen LogP contribution is -2.52. The van der Waals surface area contributed by atoms with Crippen molar-refractivity contribution >= 4 is 17.6 Å². The first-order valence-electron chi connectivity index (χ1n) is 9.22. The van der Waals surface area contributed by atoms with Crippen LogP contribution in [0.25, 0.3) is 0 Å². The molecule has 0 radical (unpaired) electrons. The predicted molar refractivity (Wildman–Crippen MR) is 98.7 cm³/mol. The number of hydrogen-bond acceptors (Lipinski definition) is 3. The molecule has 3 rings (SSSR count). The van der Waals surface area contributed by atoms with Gasteiger partial charge in [-0.1, -0.05) is 19.1 Å². The summed E-state index contributed by atoms with van der Waals surface area (Å²) in [5.41, 5.74) is 3.81. The monoisotopic (exact) mass is 344 g/mol. The number of nitrogens with zero attached hydrogens (tertiary/aromatic N) is 3. The van der Waals surface area contributed by atoms with E-state index in [9.17, 15) is 9.59 Å². The molecule has 1 fully saturated rings. The first-order chi connectivity index (χ1) is 12.1. The molecule has 2 aliphatic heterocycles. The minimum absolute atomic E-state index is 0.0431. The van der Waals surface area contributed by atoms with Crippen LogP contribution < -0.4 is 10.2 Å². The zero-order chi connectivity index (χ0) is 17.8. The molecule has 0 saturated carbocycles. The summed E-state index contributed by atoms with van der Waals surface area (Å²) in [4.78, 5) is 30.0. The highest BCUT2D eigenvalue weighted by atomic mass is 16.2. The molecule has 6 nitrogen and oxygen atoms in total. The molecule has 1 aromatic rings. The SMILES string of the molecule is CCC(=O)N1CCN(C(=O)NCc2ccc3c(c2)CCCN3C)CC1. The molecule has 2 heterocycles. The average Bonchev–Trinajstić information content (AvgIpc) is 2.65. The number of aryl methyl sites for hydroxylation is 1. The fourth-order valence-corrected chi connectivity index (χ4v) is 3.62. The van der Waals surface area contributed by atoms with E-state index in [1.807, 2.05) is 11.8 Å². The number of amides is 3. The van der Waals surface area contributed by atoms with Gasteiger partial charge in [-0.05, 0) is 30.0 Å². The third kappa shape index (κ3) is 4.06. The number of nitrogens with one attached hydrogen (secondary N) is 1. The third-order valence-electron chi connectivity index (χ3n) is 5.16. The van der Waals surface area contributed by atoms with E-state index in [-0.39, 0.29) is 11.9 Å². The molecule has 0 aliphatic carbocycles. The molecule has 0 aromatic heterocycles. The minimum Gasteiger partial charge on any atom is -0.374 e. The number of benzene rings is 1. The van der Waals surface area contributed by atoms with E-state index in [2.05, 4.69) is 35.5 Å². The smallest absolute Gasteiger partial charge is 0.317 e. The Hall–Kier alpha value is -2.24. The lowest BCUT2D eigenvalue weighted by atomic mass is 9.99. The van der Waals surface area contributed by atoms with E-state index >= 15 is 0 Å². The Morgan fingerprint density at radius 2 is 1.80 bits per heavy atom. The van der Waals surface area contributed by atoms with Gasteiger partial charge in [-0.3, -0.25) is 4.79 Å². The van der Waals surface area contributed by atoms with Gasteiger partial charge in [-0.25, -0.2) is 4.79 Å². The number of carbonyl (C=O) groups excluding carboxylic acids is 2. The summed E-state index contributed by atoms with van der Waals surface area (Å²) in [6.45, 7) is 5.99. The van der Waals surface area contributed by atoms with Gasteiger partial charge in [-0.2, -0.15) is 0 Å². The zero-order valence-corrected chi connectivity index (χ0v) is 15.3. The molecule has 25 heavy (non-hydrogen) atoms. The zero-order valence-electron chi connectivity index (χ0n) is 15.3. The molecule has 0 unspecified atom stereocenters. The number of carbonyl (C=O) groups is 2. The van der Waals surface area contributed by atoms with Crippen LogP contribution in [-0.4, -0.2) is 61.5 Å². The van der Waals surface area contributed by atoms with E-state index in [0.29, 0.717) is 39.1 Å². The van der Waals surface area contributed by atoms with Gasteiger partial charge in [0.1, 0.15) is 0 Å². The molecule has 1 N–H and O–H groups in total. The van der Waals surface area contributed by atoms with Crippen molar-refractivity contribution in [2.24, 2.45) is 0 Å². The maximum atomic E-state index is 12.4. The van der Waals surface area contributed by atoms with Gasteiger partial charge >= 0.3 is 6.03 Å². The number of hydrogen-bond donors (Lipinski definition) is 1. The van der Waals surface area contributed by atoms with Crippen molar-refractivity contribution in [2.45, 2.75) is 32.7 Å². The lowest BCUT2D eigenvalue weighted by molar-refractivity contribution is -0.132. The van der Waals surface area contributed by atoms with Gasteiger partial charge in [0, 0.05) is 58.4 Å². The fourth-order valence-electron chi connectivity index (χ4n) is 3.62. The normalized spacial score (nSPS) is 17.3. The van der Waals surface area contributed by atoms with Crippen molar-refractivity contribution in [3.05, 3.63) is 29.3 Å². The summed E-state index contributed by atoms with van der Waals surface area (Å²) in [5.74, 6) is 0.166. The molecule has 1 aromatic carbocycles. The summed E-state index contributed by atoms with van der Waals surface area (Å²) in [6.07, 6.45) is 2.81.